The molecule has 2 aromatic carbocycles. The zero-order chi connectivity index (χ0) is 20.1. The molecule has 0 aliphatic heterocycles. The highest BCUT2D eigenvalue weighted by atomic mass is 16.5. The number of benzene rings is 2. The number of aromatic nitrogens is 3. The summed E-state index contributed by atoms with van der Waals surface area (Å²) < 4.78 is 5.41. The second-order valence-electron chi connectivity index (χ2n) is 6.92. The predicted octanol–water partition coefficient (Wildman–Crippen LogP) is 4.54. The lowest BCUT2D eigenvalue weighted by molar-refractivity contribution is 0.410. The first kappa shape index (κ1) is 18.8. The molecule has 0 aliphatic carbocycles. The minimum Gasteiger partial charge on any atom is -0.496 e. The van der Waals surface area contributed by atoms with Gasteiger partial charge in [-0.25, -0.2) is 4.98 Å². The quantitative estimate of drug-likeness (QED) is 0.414. The van der Waals surface area contributed by atoms with Gasteiger partial charge in [0.25, 0.3) is 0 Å². The highest BCUT2D eigenvalue weighted by Gasteiger charge is 2.06. The van der Waals surface area contributed by atoms with Crippen molar-refractivity contribution in [3.8, 4) is 5.75 Å². The van der Waals surface area contributed by atoms with E-state index in [2.05, 4.69) is 50.0 Å². The first-order valence-corrected chi connectivity index (χ1v) is 9.73. The number of anilines is 2. The molecule has 0 fully saturated rings. The Bertz CT molecular complexity index is 1110. The Labute approximate surface area is 170 Å². The molecule has 0 amide bonds. The van der Waals surface area contributed by atoms with Gasteiger partial charge in [-0.2, -0.15) is 4.98 Å². The van der Waals surface area contributed by atoms with Gasteiger partial charge in [0.2, 0.25) is 5.95 Å². The summed E-state index contributed by atoms with van der Waals surface area (Å²) in [5.74, 6) is 2.29. The number of aromatic amines is 1. The number of rotatable bonds is 8. The minimum atomic E-state index is 0.632. The smallest absolute Gasteiger partial charge is 0.224 e. The van der Waals surface area contributed by atoms with Gasteiger partial charge in [-0.1, -0.05) is 36.4 Å². The van der Waals surface area contributed by atoms with Crippen molar-refractivity contribution in [1.29, 1.82) is 0 Å². The Morgan fingerprint density at radius 1 is 0.966 bits per heavy atom. The summed E-state index contributed by atoms with van der Waals surface area (Å²) in [6, 6.07) is 18.3. The number of aryl methyl sites for hydroxylation is 1. The fraction of sp³-hybridized carbons (Fsp3) is 0.217. The summed E-state index contributed by atoms with van der Waals surface area (Å²) in [6.07, 6.45) is 2.97. The van der Waals surface area contributed by atoms with E-state index in [4.69, 9.17) is 4.74 Å². The first-order valence-electron chi connectivity index (χ1n) is 9.73. The molecule has 148 valence electrons. The normalized spacial score (nSPS) is 10.8. The SMILES string of the molecule is COc1ccccc1CNc1cc(C)nc(NCCc2c[nH]c3ccccc23)n1. The van der Waals surface area contributed by atoms with E-state index in [1.165, 1.54) is 10.9 Å². The van der Waals surface area contributed by atoms with Crippen molar-refractivity contribution in [2.24, 2.45) is 0 Å². The Morgan fingerprint density at radius 2 is 1.79 bits per heavy atom. The maximum absolute atomic E-state index is 5.41. The van der Waals surface area contributed by atoms with E-state index in [9.17, 15) is 0 Å². The zero-order valence-corrected chi connectivity index (χ0v) is 16.7. The van der Waals surface area contributed by atoms with Crippen LogP contribution in [0.4, 0.5) is 11.8 Å². The molecule has 0 aliphatic rings. The Morgan fingerprint density at radius 3 is 2.69 bits per heavy atom. The zero-order valence-electron chi connectivity index (χ0n) is 16.7. The third-order valence-corrected chi connectivity index (χ3v) is 4.86. The molecule has 6 heteroatoms. The molecular weight excluding hydrogens is 362 g/mol. The number of para-hydroxylation sites is 2. The molecule has 2 heterocycles. The number of hydrogen-bond donors (Lipinski definition) is 3. The molecule has 0 atom stereocenters. The van der Waals surface area contributed by atoms with Crippen molar-refractivity contribution in [1.82, 2.24) is 15.0 Å². The van der Waals surface area contributed by atoms with Crippen LogP contribution in [0, 0.1) is 6.92 Å². The summed E-state index contributed by atoms with van der Waals surface area (Å²) in [5.41, 5.74) is 4.45. The van der Waals surface area contributed by atoms with E-state index >= 15 is 0 Å². The van der Waals surface area contributed by atoms with Crippen molar-refractivity contribution in [2.45, 2.75) is 19.9 Å². The monoisotopic (exact) mass is 387 g/mol. The fourth-order valence-corrected chi connectivity index (χ4v) is 3.42. The van der Waals surface area contributed by atoms with Gasteiger partial charge in [0.15, 0.2) is 0 Å². The van der Waals surface area contributed by atoms with Crippen LogP contribution < -0.4 is 15.4 Å². The molecule has 3 N–H and O–H groups in total. The van der Waals surface area contributed by atoms with Crippen LogP contribution in [-0.4, -0.2) is 28.6 Å². The summed E-state index contributed by atoms with van der Waals surface area (Å²) in [4.78, 5) is 12.4. The van der Waals surface area contributed by atoms with Crippen molar-refractivity contribution >= 4 is 22.7 Å². The Kier molecular flexibility index (Phi) is 5.61. The van der Waals surface area contributed by atoms with Crippen LogP contribution in [0.5, 0.6) is 5.75 Å². The van der Waals surface area contributed by atoms with E-state index in [-0.39, 0.29) is 0 Å². The summed E-state index contributed by atoms with van der Waals surface area (Å²) in [6.45, 7) is 3.37. The van der Waals surface area contributed by atoms with Gasteiger partial charge in [0, 0.05) is 47.5 Å². The predicted molar refractivity (Wildman–Crippen MR) is 118 cm³/mol. The molecular formula is C23H25N5O. The van der Waals surface area contributed by atoms with Crippen LogP contribution in [0.25, 0.3) is 10.9 Å². The average molecular weight is 387 g/mol. The number of fused-ring (bicyclic) bond motifs is 1. The lowest BCUT2D eigenvalue weighted by atomic mass is 10.1. The summed E-state index contributed by atoms with van der Waals surface area (Å²) >= 11 is 0. The van der Waals surface area contributed by atoms with E-state index in [0.29, 0.717) is 12.5 Å². The summed E-state index contributed by atoms with van der Waals surface area (Å²) in [7, 11) is 1.68. The largest absolute Gasteiger partial charge is 0.496 e. The maximum atomic E-state index is 5.41. The molecule has 0 spiro atoms. The van der Waals surface area contributed by atoms with Crippen LogP contribution in [0.15, 0.2) is 60.8 Å². The molecule has 4 aromatic rings. The van der Waals surface area contributed by atoms with Crippen molar-refractivity contribution in [2.75, 3.05) is 24.3 Å². The van der Waals surface area contributed by atoms with Crippen LogP contribution in [0.1, 0.15) is 16.8 Å². The number of nitrogens with one attached hydrogen (secondary N) is 3. The van der Waals surface area contributed by atoms with E-state index in [1.54, 1.807) is 7.11 Å². The van der Waals surface area contributed by atoms with Gasteiger partial charge in [-0.3, -0.25) is 0 Å². The second-order valence-corrected chi connectivity index (χ2v) is 6.92. The number of ether oxygens (including phenoxy) is 1. The summed E-state index contributed by atoms with van der Waals surface area (Å²) in [5, 5.41) is 7.98. The highest BCUT2D eigenvalue weighted by Crippen LogP contribution is 2.20. The molecule has 0 unspecified atom stereocenters. The lowest BCUT2D eigenvalue weighted by Crippen LogP contribution is -2.10. The third kappa shape index (κ3) is 4.48. The number of nitrogens with zero attached hydrogens (tertiary/aromatic N) is 2. The molecule has 0 saturated carbocycles. The van der Waals surface area contributed by atoms with Gasteiger partial charge in [-0.05, 0) is 31.0 Å². The van der Waals surface area contributed by atoms with E-state index in [1.807, 2.05) is 43.3 Å². The lowest BCUT2D eigenvalue weighted by Gasteiger charge is -2.12. The molecule has 0 bridgehead atoms. The van der Waals surface area contributed by atoms with Crippen LogP contribution in [0.2, 0.25) is 0 Å². The molecule has 4 rings (SSSR count). The van der Waals surface area contributed by atoms with Crippen LogP contribution in [-0.2, 0) is 13.0 Å². The van der Waals surface area contributed by atoms with Crippen LogP contribution >= 0.6 is 0 Å². The van der Waals surface area contributed by atoms with Gasteiger partial charge in [0.05, 0.1) is 7.11 Å². The van der Waals surface area contributed by atoms with Gasteiger partial charge in [0.1, 0.15) is 11.6 Å². The molecule has 0 saturated heterocycles. The van der Waals surface area contributed by atoms with Gasteiger partial charge >= 0.3 is 0 Å². The Balaban J connectivity index is 1.39. The number of methoxy groups -OCH3 is 1. The van der Waals surface area contributed by atoms with Crippen molar-refractivity contribution in [3.63, 3.8) is 0 Å². The molecule has 0 radical (unpaired) electrons. The van der Waals surface area contributed by atoms with Crippen molar-refractivity contribution < 1.29 is 4.74 Å². The molecule has 2 aromatic heterocycles. The molecule has 6 nitrogen and oxygen atoms in total. The van der Waals surface area contributed by atoms with Crippen molar-refractivity contribution in [3.05, 3.63) is 77.6 Å². The van der Waals surface area contributed by atoms with E-state index < -0.39 is 0 Å². The van der Waals surface area contributed by atoms with Gasteiger partial charge in [-0.15, -0.1) is 0 Å². The molecule has 29 heavy (non-hydrogen) atoms. The highest BCUT2D eigenvalue weighted by molar-refractivity contribution is 5.83. The fourth-order valence-electron chi connectivity index (χ4n) is 3.42. The standard InChI is InChI=1S/C23H25N5O/c1-16-13-22(26-15-18-7-3-6-10-21(18)29-2)28-23(27-16)24-12-11-17-14-25-20-9-5-4-8-19(17)20/h3-10,13-14,25H,11-12,15H2,1-2H3,(H2,24,26,27,28). The number of H-pyrrole nitrogens is 1. The minimum absolute atomic E-state index is 0.632. The topological polar surface area (TPSA) is 74.9 Å². The van der Waals surface area contributed by atoms with Crippen LogP contribution in [0.3, 0.4) is 0 Å². The number of hydrogen-bond acceptors (Lipinski definition) is 5. The third-order valence-electron chi connectivity index (χ3n) is 4.86. The maximum Gasteiger partial charge on any atom is 0.224 e. The van der Waals surface area contributed by atoms with Gasteiger partial charge < -0.3 is 20.4 Å². The Hall–Kier alpha value is -3.54. The van der Waals surface area contributed by atoms with E-state index in [0.717, 1.165) is 41.3 Å². The average Bonchev–Trinajstić information content (AvgIpc) is 3.15. The first-order chi connectivity index (χ1) is 14.2. The second kappa shape index (κ2) is 8.65.